The van der Waals surface area contributed by atoms with Crippen LogP contribution in [0.3, 0.4) is 0 Å². The molecule has 0 aromatic rings. The van der Waals surface area contributed by atoms with E-state index in [4.69, 9.17) is 4.74 Å². The molecule has 3 nitrogen and oxygen atoms in total. The van der Waals surface area contributed by atoms with Crippen molar-refractivity contribution in [1.82, 2.24) is 4.90 Å². The number of fused-ring (bicyclic) bond motifs is 5. The molecule has 3 fully saturated rings. The number of aliphatic hydroxyl groups is 1. The summed E-state index contributed by atoms with van der Waals surface area (Å²) in [4.78, 5) is 2.38. The van der Waals surface area contributed by atoms with Crippen LogP contribution in [0, 0.1) is 0 Å². The maximum absolute atomic E-state index is 9.46. The number of rotatable bonds is 0. The molecule has 5 atom stereocenters. The molecular formula is C8H13NO2. The average molecular weight is 155 g/mol. The van der Waals surface area contributed by atoms with E-state index in [1.165, 1.54) is 0 Å². The SMILES string of the molecule is CN1C2CC(O)C[C@@H]1[C@@H]1OC21. The topological polar surface area (TPSA) is 36.0 Å². The van der Waals surface area contributed by atoms with E-state index in [2.05, 4.69) is 11.9 Å². The molecule has 3 aliphatic heterocycles. The standard InChI is InChI=1S/C8H13NO2/c1-9-5-2-4(10)3-6(9)8-7(5)11-8/h4-8,10H,2-3H2,1H3/t4?,5-,6?,7+,8?/m1/s1. The molecule has 0 aromatic carbocycles. The molecule has 2 bridgehead atoms. The van der Waals surface area contributed by atoms with Crippen LogP contribution in [-0.4, -0.2) is 47.4 Å². The average Bonchev–Trinajstić information content (AvgIpc) is 2.66. The lowest BCUT2D eigenvalue weighted by Gasteiger charge is -2.36. The lowest BCUT2D eigenvalue weighted by molar-refractivity contribution is 0.00149. The molecule has 0 amide bonds. The first kappa shape index (κ1) is 6.40. The van der Waals surface area contributed by atoms with Gasteiger partial charge in [0.2, 0.25) is 0 Å². The third-order valence-corrected chi connectivity index (χ3v) is 3.39. The van der Waals surface area contributed by atoms with Crippen molar-refractivity contribution in [2.45, 2.75) is 43.2 Å². The second-order valence-corrected chi connectivity index (χ2v) is 3.99. The van der Waals surface area contributed by atoms with Gasteiger partial charge in [-0.05, 0) is 19.9 Å². The Balaban J connectivity index is 1.90. The lowest BCUT2D eigenvalue weighted by atomic mass is 10.00. The van der Waals surface area contributed by atoms with Crippen LogP contribution in [0.25, 0.3) is 0 Å². The van der Waals surface area contributed by atoms with E-state index in [0.717, 1.165) is 12.8 Å². The number of piperidine rings is 1. The summed E-state index contributed by atoms with van der Waals surface area (Å²) in [7, 11) is 2.15. The zero-order chi connectivity index (χ0) is 7.59. The molecule has 1 N–H and O–H groups in total. The highest BCUT2D eigenvalue weighted by atomic mass is 16.6. The predicted molar refractivity (Wildman–Crippen MR) is 39.2 cm³/mol. The first-order chi connectivity index (χ1) is 5.27. The molecule has 11 heavy (non-hydrogen) atoms. The van der Waals surface area contributed by atoms with Crippen molar-refractivity contribution in [3.8, 4) is 0 Å². The molecule has 3 rings (SSSR count). The maximum Gasteiger partial charge on any atom is 0.101 e. The van der Waals surface area contributed by atoms with Crippen molar-refractivity contribution in [3.63, 3.8) is 0 Å². The van der Waals surface area contributed by atoms with Crippen molar-refractivity contribution in [2.24, 2.45) is 0 Å². The number of epoxide rings is 1. The molecule has 0 saturated carbocycles. The highest BCUT2D eigenvalue weighted by molar-refractivity contribution is 5.13. The van der Waals surface area contributed by atoms with Gasteiger partial charge in [-0.3, -0.25) is 4.90 Å². The van der Waals surface area contributed by atoms with E-state index in [1.807, 2.05) is 0 Å². The second-order valence-electron chi connectivity index (χ2n) is 3.99. The van der Waals surface area contributed by atoms with E-state index in [1.54, 1.807) is 0 Å². The Morgan fingerprint density at radius 2 is 1.82 bits per heavy atom. The molecule has 0 spiro atoms. The molecule has 3 heteroatoms. The second kappa shape index (κ2) is 1.79. The first-order valence-electron chi connectivity index (χ1n) is 4.33. The van der Waals surface area contributed by atoms with Gasteiger partial charge < -0.3 is 9.84 Å². The number of hydrogen-bond acceptors (Lipinski definition) is 3. The minimum absolute atomic E-state index is 0.0717. The van der Waals surface area contributed by atoms with Gasteiger partial charge in [0.1, 0.15) is 12.2 Å². The van der Waals surface area contributed by atoms with Gasteiger partial charge in [0.15, 0.2) is 0 Å². The Morgan fingerprint density at radius 1 is 1.27 bits per heavy atom. The van der Waals surface area contributed by atoms with Crippen molar-refractivity contribution in [1.29, 1.82) is 0 Å². The summed E-state index contributed by atoms with van der Waals surface area (Å²) in [5.74, 6) is 0. The minimum Gasteiger partial charge on any atom is -0.393 e. The van der Waals surface area contributed by atoms with Crippen LogP contribution in [0.15, 0.2) is 0 Å². The summed E-state index contributed by atoms with van der Waals surface area (Å²) >= 11 is 0. The minimum atomic E-state index is -0.0717. The summed E-state index contributed by atoms with van der Waals surface area (Å²) in [5.41, 5.74) is 0. The van der Waals surface area contributed by atoms with Crippen LogP contribution in [-0.2, 0) is 4.74 Å². The molecule has 62 valence electrons. The maximum atomic E-state index is 9.46. The highest BCUT2D eigenvalue weighted by Crippen LogP contribution is 2.47. The molecule has 3 unspecified atom stereocenters. The van der Waals surface area contributed by atoms with Crippen LogP contribution in [0.5, 0.6) is 0 Å². The molecule has 0 radical (unpaired) electrons. The zero-order valence-electron chi connectivity index (χ0n) is 6.60. The zero-order valence-corrected chi connectivity index (χ0v) is 6.60. The summed E-state index contributed by atoms with van der Waals surface area (Å²) in [6.45, 7) is 0. The van der Waals surface area contributed by atoms with Gasteiger partial charge in [-0.15, -0.1) is 0 Å². The van der Waals surface area contributed by atoms with E-state index in [9.17, 15) is 5.11 Å². The van der Waals surface area contributed by atoms with Gasteiger partial charge in [-0.1, -0.05) is 0 Å². The smallest absolute Gasteiger partial charge is 0.101 e. The molecule has 3 saturated heterocycles. The van der Waals surface area contributed by atoms with Gasteiger partial charge in [-0.25, -0.2) is 0 Å². The van der Waals surface area contributed by atoms with Crippen LogP contribution in [0.1, 0.15) is 12.8 Å². The van der Waals surface area contributed by atoms with E-state index >= 15 is 0 Å². The normalized spacial score (nSPS) is 61.1. The monoisotopic (exact) mass is 155 g/mol. The van der Waals surface area contributed by atoms with Crippen molar-refractivity contribution < 1.29 is 9.84 Å². The summed E-state index contributed by atoms with van der Waals surface area (Å²) in [6.07, 6.45) is 2.67. The largest absolute Gasteiger partial charge is 0.393 e. The number of likely N-dealkylation sites (N-methyl/N-ethyl adjacent to an activating group) is 1. The van der Waals surface area contributed by atoms with E-state index in [-0.39, 0.29) is 6.10 Å². The van der Waals surface area contributed by atoms with Crippen LogP contribution < -0.4 is 0 Å². The predicted octanol–water partition coefficient (Wildman–Crippen LogP) is -0.409. The van der Waals surface area contributed by atoms with Crippen LogP contribution >= 0.6 is 0 Å². The third kappa shape index (κ3) is 0.687. The summed E-state index contributed by atoms with van der Waals surface area (Å²) < 4.78 is 5.49. The first-order valence-corrected chi connectivity index (χ1v) is 4.33. The van der Waals surface area contributed by atoms with Gasteiger partial charge in [0.05, 0.1) is 6.10 Å². The molecule has 3 heterocycles. The third-order valence-electron chi connectivity index (χ3n) is 3.39. The van der Waals surface area contributed by atoms with Crippen molar-refractivity contribution >= 4 is 0 Å². The van der Waals surface area contributed by atoms with Gasteiger partial charge >= 0.3 is 0 Å². The molecule has 0 aliphatic carbocycles. The Morgan fingerprint density at radius 3 is 2.36 bits per heavy atom. The van der Waals surface area contributed by atoms with Crippen molar-refractivity contribution in [3.05, 3.63) is 0 Å². The quantitative estimate of drug-likeness (QED) is 0.483. The number of aliphatic hydroxyl groups excluding tert-OH is 1. The fraction of sp³-hybridized carbons (Fsp3) is 1.00. The number of nitrogens with zero attached hydrogens (tertiary/aromatic N) is 1. The van der Waals surface area contributed by atoms with Crippen molar-refractivity contribution in [2.75, 3.05) is 7.05 Å². The number of ether oxygens (including phenoxy) is 1. The lowest BCUT2D eigenvalue weighted by Crippen LogP contribution is -2.46. The highest BCUT2D eigenvalue weighted by Gasteiger charge is 2.62. The van der Waals surface area contributed by atoms with E-state index < -0.39 is 0 Å². The van der Waals surface area contributed by atoms with Gasteiger partial charge in [0.25, 0.3) is 0 Å². The molecular weight excluding hydrogens is 142 g/mol. The van der Waals surface area contributed by atoms with Gasteiger partial charge in [-0.2, -0.15) is 0 Å². The molecule has 0 aromatic heterocycles. The fourth-order valence-electron chi connectivity index (χ4n) is 2.72. The Kier molecular flexibility index (Phi) is 1.04. The number of hydrogen-bond donors (Lipinski definition) is 1. The van der Waals surface area contributed by atoms with Crippen LogP contribution in [0.2, 0.25) is 0 Å². The van der Waals surface area contributed by atoms with Crippen LogP contribution in [0.4, 0.5) is 0 Å². The summed E-state index contributed by atoms with van der Waals surface area (Å²) in [5, 5.41) is 9.46. The fourth-order valence-corrected chi connectivity index (χ4v) is 2.72. The number of morpholine rings is 1. The molecule has 3 aliphatic rings. The summed E-state index contributed by atoms with van der Waals surface area (Å²) in [6, 6.07) is 1.02. The Hall–Kier alpha value is -0.120. The Labute approximate surface area is 65.9 Å². The van der Waals surface area contributed by atoms with E-state index in [0.29, 0.717) is 24.3 Å². The van der Waals surface area contributed by atoms with Gasteiger partial charge in [0, 0.05) is 12.1 Å². The Bertz CT molecular complexity index is 179.